The van der Waals surface area contributed by atoms with Gasteiger partial charge in [0.2, 0.25) is 0 Å². The number of carbonyl (C=O) groups is 2. The lowest BCUT2D eigenvalue weighted by atomic mass is 9.40. The van der Waals surface area contributed by atoms with Gasteiger partial charge in [0.05, 0.1) is 6.10 Å². The van der Waals surface area contributed by atoms with Crippen LogP contribution in [0.5, 0.6) is 0 Å². The number of allylic oxidation sites excluding steroid dienone is 2. The second-order valence-corrected chi connectivity index (χ2v) is 8.55. The van der Waals surface area contributed by atoms with Gasteiger partial charge in [-0.25, -0.2) is 0 Å². The molecule has 25 heavy (non-hydrogen) atoms. The number of hydrogen-bond donors (Lipinski definition) is 3. The molecule has 3 saturated carbocycles. The third-order valence-electron chi connectivity index (χ3n) is 7.75. The third-order valence-corrected chi connectivity index (χ3v) is 7.75. The van der Waals surface area contributed by atoms with Crippen molar-refractivity contribution in [1.82, 2.24) is 0 Å². The standard InChI is InChI=1S/C20H28O5/c1-5-12-11(2)6-7-14-13(12)10-16(22)20(25)18(14,3)9-8-15(21)19(20,4)17(23)24/h5,12-15,21,25H,1-2,6-10H2,3-4H3,(H,23,24). The lowest BCUT2D eigenvalue weighted by Crippen LogP contribution is -2.76. The van der Waals surface area contributed by atoms with Crippen molar-refractivity contribution in [2.45, 2.75) is 57.7 Å². The first-order valence-electron chi connectivity index (χ1n) is 9.03. The van der Waals surface area contributed by atoms with Gasteiger partial charge >= 0.3 is 5.97 Å². The number of hydrogen-bond acceptors (Lipinski definition) is 4. The van der Waals surface area contributed by atoms with Crippen LogP contribution in [0.25, 0.3) is 0 Å². The van der Waals surface area contributed by atoms with Gasteiger partial charge in [-0.1, -0.05) is 25.2 Å². The van der Waals surface area contributed by atoms with E-state index in [-0.39, 0.29) is 30.6 Å². The van der Waals surface area contributed by atoms with E-state index in [9.17, 15) is 24.9 Å². The van der Waals surface area contributed by atoms with Gasteiger partial charge in [-0.15, -0.1) is 6.58 Å². The molecule has 5 nitrogen and oxygen atoms in total. The van der Waals surface area contributed by atoms with Gasteiger partial charge in [0.25, 0.3) is 0 Å². The minimum atomic E-state index is -2.07. The first-order valence-corrected chi connectivity index (χ1v) is 9.03. The van der Waals surface area contributed by atoms with Crippen LogP contribution in [0.2, 0.25) is 0 Å². The second kappa shape index (κ2) is 5.52. The van der Waals surface area contributed by atoms with Crippen molar-refractivity contribution in [1.29, 1.82) is 0 Å². The number of carboxylic acid groups (broad SMARTS) is 1. The van der Waals surface area contributed by atoms with E-state index in [2.05, 4.69) is 13.2 Å². The molecule has 0 aromatic rings. The van der Waals surface area contributed by atoms with Crippen LogP contribution in [-0.4, -0.2) is 38.8 Å². The minimum absolute atomic E-state index is 0.00475. The van der Waals surface area contributed by atoms with Crippen LogP contribution in [0, 0.1) is 28.6 Å². The molecule has 3 fully saturated rings. The van der Waals surface area contributed by atoms with Gasteiger partial charge in [-0.3, -0.25) is 9.59 Å². The van der Waals surface area contributed by atoms with E-state index in [1.807, 2.05) is 13.0 Å². The Kier molecular flexibility index (Phi) is 4.05. The summed E-state index contributed by atoms with van der Waals surface area (Å²) in [6, 6.07) is 0. The van der Waals surface area contributed by atoms with Gasteiger partial charge in [0, 0.05) is 17.8 Å². The highest BCUT2D eigenvalue weighted by Crippen LogP contribution is 2.65. The van der Waals surface area contributed by atoms with Gasteiger partial charge in [-0.05, 0) is 44.4 Å². The maximum Gasteiger partial charge on any atom is 0.315 e. The first kappa shape index (κ1) is 18.3. The Morgan fingerprint density at radius 3 is 2.52 bits per heavy atom. The Balaban J connectivity index is 2.17. The molecule has 0 heterocycles. The highest BCUT2D eigenvalue weighted by molar-refractivity contribution is 5.96. The lowest BCUT2D eigenvalue weighted by Gasteiger charge is -2.65. The molecule has 0 spiro atoms. The van der Waals surface area contributed by atoms with Gasteiger partial charge in [0.1, 0.15) is 11.0 Å². The van der Waals surface area contributed by atoms with E-state index in [0.717, 1.165) is 18.4 Å². The van der Waals surface area contributed by atoms with E-state index >= 15 is 0 Å². The molecule has 0 aromatic carbocycles. The fraction of sp³-hybridized carbons (Fsp3) is 0.700. The summed E-state index contributed by atoms with van der Waals surface area (Å²) >= 11 is 0. The quantitative estimate of drug-likeness (QED) is 0.666. The maximum absolute atomic E-state index is 13.2. The Labute approximate surface area is 148 Å². The summed E-state index contributed by atoms with van der Waals surface area (Å²) in [7, 11) is 0. The van der Waals surface area contributed by atoms with Crippen molar-refractivity contribution in [2.75, 3.05) is 0 Å². The maximum atomic E-state index is 13.2. The molecule has 0 saturated heterocycles. The largest absolute Gasteiger partial charge is 0.481 e. The summed E-state index contributed by atoms with van der Waals surface area (Å²) in [5.41, 5.74) is -3.81. The van der Waals surface area contributed by atoms with Crippen molar-refractivity contribution in [2.24, 2.45) is 28.6 Å². The highest BCUT2D eigenvalue weighted by atomic mass is 16.4. The normalized spacial score (nSPS) is 49.9. The molecule has 138 valence electrons. The molecule has 3 aliphatic carbocycles. The van der Waals surface area contributed by atoms with Crippen LogP contribution in [0.4, 0.5) is 0 Å². The predicted octanol–water partition coefficient (Wildman–Crippen LogP) is 2.33. The molecule has 5 heteroatoms. The van der Waals surface area contributed by atoms with Gasteiger partial charge < -0.3 is 15.3 Å². The zero-order chi connectivity index (χ0) is 18.8. The molecule has 0 aromatic heterocycles. The van der Waals surface area contributed by atoms with E-state index in [1.165, 1.54) is 6.92 Å². The molecule has 0 aliphatic heterocycles. The molecule has 0 radical (unpaired) electrons. The van der Waals surface area contributed by atoms with Gasteiger partial charge in [-0.2, -0.15) is 0 Å². The van der Waals surface area contributed by atoms with E-state index in [4.69, 9.17) is 0 Å². The average molecular weight is 348 g/mol. The van der Waals surface area contributed by atoms with Crippen LogP contribution in [0.3, 0.4) is 0 Å². The molecule has 0 bridgehead atoms. The number of Topliss-reactive ketones (excluding diaryl/α,β-unsaturated/α-hetero) is 1. The fourth-order valence-electron chi connectivity index (χ4n) is 6.14. The fourth-order valence-corrected chi connectivity index (χ4v) is 6.14. The van der Waals surface area contributed by atoms with E-state index < -0.39 is 34.3 Å². The van der Waals surface area contributed by atoms with Crippen LogP contribution in [0.15, 0.2) is 24.8 Å². The molecular formula is C20H28O5. The second-order valence-electron chi connectivity index (χ2n) is 8.55. The van der Waals surface area contributed by atoms with Crippen molar-refractivity contribution in [3.63, 3.8) is 0 Å². The van der Waals surface area contributed by atoms with Crippen LogP contribution in [-0.2, 0) is 9.59 Å². The topological polar surface area (TPSA) is 94.8 Å². The molecule has 3 N–H and O–H groups in total. The highest BCUT2D eigenvalue weighted by Gasteiger charge is 2.75. The molecule has 7 atom stereocenters. The SMILES string of the molecule is C=CC1C(=C)CCC2C1CC(=O)C1(O)C2(C)CCC(O)C1(C)C(=O)O. The van der Waals surface area contributed by atoms with Crippen molar-refractivity contribution in [3.05, 3.63) is 24.8 Å². The number of rotatable bonds is 2. The third kappa shape index (κ3) is 1.97. The van der Waals surface area contributed by atoms with Crippen molar-refractivity contribution < 1.29 is 24.9 Å². The summed E-state index contributed by atoms with van der Waals surface area (Å²) < 4.78 is 0. The summed E-state index contributed by atoms with van der Waals surface area (Å²) in [6.45, 7) is 11.2. The zero-order valence-electron chi connectivity index (χ0n) is 15.0. The molecule has 3 aliphatic rings. The number of ketones is 1. The Bertz CT molecular complexity index is 654. The smallest absolute Gasteiger partial charge is 0.315 e. The number of carboxylic acids is 1. The number of fused-ring (bicyclic) bond motifs is 3. The van der Waals surface area contributed by atoms with Crippen LogP contribution >= 0.6 is 0 Å². The molecule has 3 rings (SSSR count). The van der Waals surface area contributed by atoms with Crippen molar-refractivity contribution >= 4 is 11.8 Å². The lowest BCUT2D eigenvalue weighted by molar-refractivity contribution is -0.257. The minimum Gasteiger partial charge on any atom is -0.481 e. The zero-order valence-corrected chi connectivity index (χ0v) is 15.0. The van der Waals surface area contributed by atoms with E-state index in [0.29, 0.717) is 6.42 Å². The number of aliphatic carboxylic acids is 1. The summed E-state index contributed by atoms with van der Waals surface area (Å²) in [5, 5.41) is 31.9. The van der Waals surface area contributed by atoms with Crippen molar-refractivity contribution in [3.8, 4) is 0 Å². The van der Waals surface area contributed by atoms with Crippen LogP contribution < -0.4 is 0 Å². The van der Waals surface area contributed by atoms with Crippen LogP contribution in [0.1, 0.15) is 46.0 Å². The first-order chi connectivity index (χ1) is 11.6. The summed E-state index contributed by atoms with van der Waals surface area (Å²) in [5.74, 6) is -1.80. The van der Waals surface area contributed by atoms with E-state index in [1.54, 1.807) is 0 Å². The summed E-state index contributed by atoms with van der Waals surface area (Å²) in [6.07, 6.45) is 2.91. The number of aliphatic hydroxyl groups excluding tert-OH is 1. The predicted molar refractivity (Wildman–Crippen MR) is 92.7 cm³/mol. The number of aliphatic hydroxyl groups is 2. The van der Waals surface area contributed by atoms with Gasteiger partial charge in [0.15, 0.2) is 5.78 Å². The Morgan fingerprint density at radius 1 is 1.32 bits per heavy atom. The molecular weight excluding hydrogens is 320 g/mol. The molecule has 7 unspecified atom stereocenters. The monoisotopic (exact) mass is 348 g/mol. The Hall–Kier alpha value is -1.46. The average Bonchev–Trinajstić information content (AvgIpc) is 2.55. The Morgan fingerprint density at radius 2 is 1.96 bits per heavy atom. The summed E-state index contributed by atoms with van der Waals surface area (Å²) in [4.78, 5) is 25.2. The number of carbonyl (C=O) groups excluding carboxylic acids is 1. The molecule has 0 amide bonds.